The Morgan fingerprint density at radius 1 is 1.08 bits per heavy atom. The molecular weight excluding hydrogens is 556 g/mol. The zero-order valence-electron chi connectivity index (χ0n) is 21.3. The summed E-state index contributed by atoms with van der Waals surface area (Å²) >= 11 is 4.91. The number of amidine groups is 2. The molecule has 2 aliphatic heterocycles. The number of aliphatic imine (C=N–C) groups is 1. The number of hydrogen-bond acceptors (Lipinski definition) is 7. The number of carbonyl (C=O) groups is 1. The van der Waals surface area contributed by atoms with E-state index in [9.17, 15) is 4.79 Å². The summed E-state index contributed by atoms with van der Waals surface area (Å²) in [7, 11) is 0. The maximum atomic E-state index is 12.7. The molecule has 0 aromatic heterocycles. The summed E-state index contributed by atoms with van der Waals surface area (Å²) in [6.45, 7) is 9.18. The lowest BCUT2D eigenvalue weighted by molar-refractivity contribution is -0.114. The van der Waals surface area contributed by atoms with Crippen LogP contribution in [0.15, 0.2) is 50.5 Å². The van der Waals surface area contributed by atoms with Gasteiger partial charge in [-0.15, -0.1) is 0 Å². The molecule has 0 saturated carbocycles. The summed E-state index contributed by atoms with van der Waals surface area (Å²) in [6.07, 6.45) is 3.34. The maximum absolute atomic E-state index is 12.7. The van der Waals surface area contributed by atoms with Gasteiger partial charge in [-0.3, -0.25) is 10.2 Å². The Kier molecular flexibility index (Phi) is 8.71. The van der Waals surface area contributed by atoms with Crippen molar-refractivity contribution in [3.8, 4) is 17.2 Å². The minimum absolute atomic E-state index is 0.00602. The fourth-order valence-electron chi connectivity index (χ4n) is 3.69. The average molecular weight is 586 g/mol. The van der Waals surface area contributed by atoms with E-state index < -0.39 is 5.91 Å². The number of aryl methyl sites for hydroxylation is 2. The first-order valence-corrected chi connectivity index (χ1v) is 13.7. The van der Waals surface area contributed by atoms with Crippen LogP contribution in [0.1, 0.15) is 43.4 Å². The van der Waals surface area contributed by atoms with E-state index in [-0.39, 0.29) is 11.4 Å². The first-order chi connectivity index (χ1) is 17.8. The summed E-state index contributed by atoms with van der Waals surface area (Å²) in [6, 6.07) is 9.59. The molecule has 0 radical (unpaired) electrons. The van der Waals surface area contributed by atoms with Crippen LogP contribution in [0, 0.1) is 19.3 Å². The number of benzene rings is 2. The molecule has 0 unspecified atom stereocenters. The van der Waals surface area contributed by atoms with Crippen LogP contribution >= 0.6 is 27.7 Å². The highest BCUT2D eigenvalue weighted by atomic mass is 79.9. The molecule has 2 aliphatic rings. The quantitative estimate of drug-likeness (QED) is 0.258. The number of hydrazone groups is 1. The van der Waals surface area contributed by atoms with Crippen molar-refractivity contribution in [1.82, 2.24) is 5.01 Å². The monoisotopic (exact) mass is 584 g/mol. The third-order valence-electron chi connectivity index (χ3n) is 5.68. The molecule has 2 aromatic carbocycles. The number of nitrogens with one attached hydrogen (secondary N) is 1. The van der Waals surface area contributed by atoms with Crippen LogP contribution < -0.4 is 14.2 Å². The van der Waals surface area contributed by atoms with Gasteiger partial charge in [-0.1, -0.05) is 13.0 Å². The molecular formula is C27H29BrN4O4S. The van der Waals surface area contributed by atoms with Gasteiger partial charge in [-0.2, -0.15) is 15.1 Å². The largest absolute Gasteiger partial charge is 0.490 e. The lowest BCUT2D eigenvalue weighted by Gasteiger charge is -2.20. The van der Waals surface area contributed by atoms with Gasteiger partial charge in [-0.25, -0.2) is 0 Å². The average Bonchev–Trinajstić information content (AvgIpc) is 3.26. The van der Waals surface area contributed by atoms with Gasteiger partial charge < -0.3 is 14.2 Å². The summed E-state index contributed by atoms with van der Waals surface area (Å²) in [5, 5.41) is 15.7. The second-order valence-electron chi connectivity index (χ2n) is 8.47. The Labute approximate surface area is 229 Å². The van der Waals surface area contributed by atoms with Gasteiger partial charge in [0, 0.05) is 0 Å². The SMILES string of the molecule is CCCC1=NN2C(=N)/C(=C/c3cc(Br)c(OCCOc4ccc(C)c(C)c4)c(OCC)c3)C(=O)N=C2S1. The lowest BCUT2D eigenvalue weighted by atomic mass is 10.1. The minimum atomic E-state index is -0.463. The number of rotatable bonds is 10. The minimum Gasteiger partial charge on any atom is -0.490 e. The van der Waals surface area contributed by atoms with Gasteiger partial charge in [0.2, 0.25) is 5.17 Å². The summed E-state index contributed by atoms with van der Waals surface area (Å²) in [4.78, 5) is 16.9. The van der Waals surface area contributed by atoms with Crippen LogP contribution in [-0.4, -0.2) is 46.8 Å². The lowest BCUT2D eigenvalue weighted by Crippen LogP contribution is -2.35. The summed E-state index contributed by atoms with van der Waals surface area (Å²) in [5.74, 6) is 1.41. The first kappa shape index (κ1) is 26.9. The molecule has 8 nitrogen and oxygen atoms in total. The van der Waals surface area contributed by atoms with E-state index in [1.807, 2.05) is 31.2 Å². The molecule has 0 aliphatic carbocycles. The molecule has 0 bridgehead atoms. The Hall–Kier alpha value is -3.11. The third kappa shape index (κ3) is 6.24. The number of thioether (sulfide) groups is 1. The van der Waals surface area contributed by atoms with Crippen LogP contribution in [0.3, 0.4) is 0 Å². The molecule has 1 N–H and O–H groups in total. The molecule has 2 heterocycles. The fraction of sp³-hybridized carbons (Fsp3) is 0.333. The molecule has 0 fully saturated rings. The molecule has 37 heavy (non-hydrogen) atoms. The molecule has 4 rings (SSSR count). The second kappa shape index (κ2) is 12.0. The molecule has 2 aromatic rings. The van der Waals surface area contributed by atoms with Gasteiger partial charge in [0.15, 0.2) is 17.3 Å². The Morgan fingerprint density at radius 2 is 1.86 bits per heavy atom. The first-order valence-electron chi connectivity index (χ1n) is 12.1. The number of nitrogens with zero attached hydrogens (tertiary/aromatic N) is 3. The second-order valence-corrected chi connectivity index (χ2v) is 10.4. The standard InChI is InChI=1S/C27H29BrN4O4S/c1-5-7-23-31-32-25(29)20(26(33)30-27(32)37-23)13-18-14-21(28)24(22(15-18)34-6-2)36-11-10-35-19-9-8-16(3)17(4)12-19/h8-9,12-15,29H,5-7,10-11H2,1-4H3/b20-13-,29-25?. The van der Waals surface area contributed by atoms with Crippen LogP contribution in [0.4, 0.5) is 0 Å². The van der Waals surface area contributed by atoms with Crippen molar-refractivity contribution in [2.75, 3.05) is 19.8 Å². The van der Waals surface area contributed by atoms with Crippen LogP contribution in [0.5, 0.6) is 17.2 Å². The summed E-state index contributed by atoms with van der Waals surface area (Å²) in [5.41, 5.74) is 3.23. The number of carbonyl (C=O) groups excluding carboxylic acids is 1. The van der Waals surface area contributed by atoms with Gasteiger partial charge in [0.25, 0.3) is 5.91 Å². The van der Waals surface area contributed by atoms with Crippen molar-refractivity contribution in [2.45, 2.75) is 40.5 Å². The van der Waals surface area contributed by atoms with E-state index in [1.54, 1.807) is 12.1 Å². The molecule has 1 amide bonds. The van der Waals surface area contributed by atoms with Crippen molar-refractivity contribution in [2.24, 2.45) is 10.1 Å². The zero-order chi connectivity index (χ0) is 26.5. The predicted molar refractivity (Wildman–Crippen MR) is 152 cm³/mol. The Bertz CT molecular complexity index is 1320. The van der Waals surface area contributed by atoms with E-state index in [2.05, 4.69) is 46.8 Å². The number of hydrogen-bond donors (Lipinski definition) is 1. The smallest absolute Gasteiger partial charge is 0.283 e. The predicted octanol–water partition coefficient (Wildman–Crippen LogP) is 6.34. The van der Waals surface area contributed by atoms with Gasteiger partial charge in [-0.05, 0) is 108 Å². The highest BCUT2D eigenvalue weighted by molar-refractivity contribution is 9.10. The number of halogens is 1. The van der Waals surface area contributed by atoms with Crippen molar-refractivity contribution in [3.05, 3.63) is 57.1 Å². The van der Waals surface area contributed by atoms with Crippen molar-refractivity contribution in [1.29, 1.82) is 5.41 Å². The summed E-state index contributed by atoms with van der Waals surface area (Å²) < 4.78 is 18.3. The Morgan fingerprint density at radius 3 is 2.59 bits per heavy atom. The van der Waals surface area contributed by atoms with E-state index in [1.165, 1.54) is 27.9 Å². The molecule has 10 heteroatoms. The van der Waals surface area contributed by atoms with E-state index in [4.69, 9.17) is 19.6 Å². The normalized spacial score (nSPS) is 16.0. The highest BCUT2D eigenvalue weighted by Gasteiger charge is 2.35. The molecule has 0 saturated heterocycles. The molecule has 0 spiro atoms. The van der Waals surface area contributed by atoms with Crippen molar-refractivity contribution in [3.63, 3.8) is 0 Å². The molecule has 0 atom stereocenters. The molecule has 194 valence electrons. The van der Waals surface area contributed by atoms with Crippen LogP contribution in [-0.2, 0) is 4.79 Å². The van der Waals surface area contributed by atoms with E-state index in [0.717, 1.165) is 23.6 Å². The topological polar surface area (TPSA) is 96.6 Å². The van der Waals surface area contributed by atoms with Gasteiger partial charge in [0.1, 0.15) is 24.0 Å². The van der Waals surface area contributed by atoms with E-state index >= 15 is 0 Å². The van der Waals surface area contributed by atoms with E-state index in [0.29, 0.717) is 46.5 Å². The Balaban J connectivity index is 1.50. The van der Waals surface area contributed by atoms with Gasteiger partial charge in [0.05, 0.1) is 16.7 Å². The number of ether oxygens (including phenoxy) is 3. The third-order valence-corrected chi connectivity index (χ3v) is 7.24. The van der Waals surface area contributed by atoms with Crippen LogP contribution in [0.2, 0.25) is 0 Å². The van der Waals surface area contributed by atoms with Gasteiger partial charge >= 0.3 is 0 Å². The highest BCUT2D eigenvalue weighted by Crippen LogP contribution is 2.38. The maximum Gasteiger partial charge on any atom is 0.283 e. The fourth-order valence-corrected chi connectivity index (χ4v) is 5.26. The van der Waals surface area contributed by atoms with Crippen molar-refractivity contribution >= 4 is 55.7 Å². The number of fused-ring (bicyclic) bond motifs is 1. The number of amides is 1. The van der Waals surface area contributed by atoms with Crippen LogP contribution in [0.25, 0.3) is 6.08 Å². The zero-order valence-corrected chi connectivity index (χ0v) is 23.7. The van der Waals surface area contributed by atoms with Crippen molar-refractivity contribution < 1.29 is 19.0 Å².